The van der Waals surface area contributed by atoms with E-state index in [1.165, 1.54) is 5.56 Å². The quantitative estimate of drug-likeness (QED) is 0.704. The van der Waals surface area contributed by atoms with E-state index in [0.29, 0.717) is 0 Å². The Morgan fingerprint density at radius 3 is 1.95 bits per heavy atom. The molecule has 0 amide bonds. The van der Waals surface area contributed by atoms with Crippen LogP contribution in [-0.2, 0) is 14.9 Å². The molecule has 1 aromatic rings. The molecule has 1 aromatic carbocycles. The molecule has 0 unspecified atom stereocenters. The SMILES string of the molecule is COCCN(CCOC)CC(C)(C)c1ccc(N)cc1. The van der Waals surface area contributed by atoms with Crippen LogP contribution in [0.4, 0.5) is 5.69 Å². The summed E-state index contributed by atoms with van der Waals surface area (Å²) < 4.78 is 10.4. The van der Waals surface area contributed by atoms with Gasteiger partial charge in [0.15, 0.2) is 0 Å². The van der Waals surface area contributed by atoms with Gasteiger partial charge in [0, 0.05) is 45.0 Å². The molecule has 0 heterocycles. The molecule has 114 valence electrons. The molecule has 0 saturated carbocycles. The van der Waals surface area contributed by atoms with Gasteiger partial charge in [0.1, 0.15) is 0 Å². The van der Waals surface area contributed by atoms with Crippen LogP contribution in [0.15, 0.2) is 24.3 Å². The smallest absolute Gasteiger partial charge is 0.0589 e. The van der Waals surface area contributed by atoms with Crippen LogP contribution in [0.1, 0.15) is 19.4 Å². The normalized spacial score (nSPS) is 12.1. The summed E-state index contributed by atoms with van der Waals surface area (Å²) >= 11 is 0. The van der Waals surface area contributed by atoms with Crippen molar-refractivity contribution in [1.29, 1.82) is 0 Å². The summed E-state index contributed by atoms with van der Waals surface area (Å²) in [5.74, 6) is 0. The minimum atomic E-state index is 0.0647. The van der Waals surface area contributed by atoms with Gasteiger partial charge in [-0.1, -0.05) is 26.0 Å². The third kappa shape index (κ3) is 5.49. The molecular formula is C16H28N2O2. The van der Waals surface area contributed by atoms with E-state index in [-0.39, 0.29) is 5.41 Å². The molecule has 0 atom stereocenters. The van der Waals surface area contributed by atoms with E-state index in [1.807, 2.05) is 12.1 Å². The van der Waals surface area contributed by atoms with Crippen molar-refractivity contribution in [2.45, 2.75) is 19.3 Å². The number of ether oxygens (including phenoxy) is 2. The highest BCUT2D eigenvalue weighted by Gasteiger charge is 2.23. The predicted molar refractivity (Wildman–Crippen MR) is 84.1 cm³/mol. The van der Waals surface area contributed by atoms with Crippen molar-refractivity contribution < 1.29 is 9.47 Å². The topological polar surface area (TPSA) is 47.7 Å². The fourth-order valence-electron chi connectivity index (χ4n) is 2.30. The van der Waals surface area contributed by atoms with Crippen LogP contribution in [0.3, 0.4) is 0 Å². The first kappa shape index (κ1) is 17.0. The second-order valence-corrected chi connectivity index (χ2v) is 5.77. The van der Waals surface area contributed by atoms with Crippen LogP contribution >= 0.6 is 0 Å². The first-order valence-electron chi connectivity index (χ1n) is 7.06. The van der Waals surface area contributed by atoms with Gasteiger partial charge in [0.05, 0.1) is 13.2 Å². The zero-order valence-electron chi connectivity index (χ0n) is 13.2. The molecule has 0 fully saturated rings. The Labute approximate surface area is 122 Å². The molecule has 0 bridgehead atoms. The number of benzene rings is 1. The summed E-state index contributed by atoms with van der Waals surface area (Å²) in [7, 11) is 3.47. The second kappa shape index (κ2) is 8.25. The molecule has 1 rings (SSSR count). The Morgan fingerprint density at radius 1 is 1.00 bits per heavy atom. The monoisotopic (exact) mass is 280 g/mol. The van der Waals surface area contributed by atoms with Gasteiger partial charge in [-0.3, -0.25) is 4.90 Å². The van der Waals surface area contributed by atoms with Gasteiger partial charge >= 0.3 is 0 Å². The van der Waals surface area contributed by atoms with Crippen LogP contribution in [-0.4, -0.2) is 52.0 Å². The highest BCUT2D eigenvalue weighted by atomic mass is 16.5. The highest BCUT2D eigenvalue weighted by Crippen LogP contribution is 2.25. The molecule has 2 N–H and O–H groups in total. The summed E-state index contributed by atoms with van der Waals surface area (Å²) in [4.78, 5) is 2.38. The van der Waals surface area contributed by atoms with E-state index in [4.69, 9.17) is 15.2 Å². The molecule has 0 spiro atoms. The lowest BCUT2D eigenvalue weighted by molar-refractivity contribution is 0.102. The highest BCUT2D eigenvalue weighted by molar-refractivity contribution is 5.41. The number of nitrogen functional groups attached to an aromatic ring is 1. The zero-order valence-corrected chi connectivity index (χ0v) is 13.2. The van der Waals surface area contributed by atoms with Gasteiger partial charge in [-0.2, -0.15) is 0 Å². The van der Waals surface area contributed by atoms with E-state index in [9.17, 15) is 0 Å². The van der Waals surface area contributed by atoms with Crippen molar-refractivity contribution in [1.82, 2.24) is 4.90 Å². The molecule has 20 heavy (non-hydrogen) atoms. The lowest BCUT2D eigenvalue weighted by atomic mass is 9.84. The molecular weight excluding hydrogens is 252 g/mol. The van der Waals surface area contributed by atoms with Crippen molar-refractivity contribution in [3.8, 4) is 0 Å². The van der Waals surface area contributed by atoms with Crippen molar-refractivity contribution in [3.63, 3.8) is 0 Å². The molecule has 0 saturated heterocycles. The fourth-order valence-corrected chi connectivity index (χ4v) is 2.30. The summed E-state index contributed by atoms with van der Waals surface area (Å²) in [6.45, 7) is 8.78. The lowest BCUT2D eigenvalue weighted by Gasteiger charge is -2.33. The van der Waals surface area contributed by atoms with E-state index >= 15 is 0 Å². The summed E-state index contributed by atoms with van der Waals surface area (Å²) in [5, 5.41) is 0. The van der Waals surface area contributed by atoms with Crippen LogP contribution in [0.5, 0.6) is 0 Å². The molecule has 0 aromatic heterocycles. The Balaban J connectivity index is 2.70. The lowest BCUT2D eigenvalue weighted by Crippen LogP contribution is -2.40. The third-order valence-electron chi connectivity index (χ3n) is 3.53. The van der Waals surface area contributed by atoms with E-state index in [1.54, 1.807) is 14.2 Å². The molecule has 0 aliphatic heterocycles. The zero-order chi connectivity index (χ0) is 15.0. The fraction of sp³-hybridized carbons (Fsp3) is 0.625. The molecule has 4 heteroatoms. The van der Waals surface area contributed by atoms with E-state index in [0.717, 1.165) is 38.5 Å². The summed E-state index contributed by atoms with van der Waals surface area (Å²) in [5.41, 5.74) is 7.93. The van der Waals surface area contributed by atoms with Crippen LogP contribution < -0.4 is 5.73 Å². The number of nitrogens with zero attached hydrogens (tertiary/aromatic N) is 1. The largest absolute Gasteiger partial charge is 0.399 e. The maximum absolute atomic E-state index is 5.76. The molecule has 0 radical (unpaired) electrons. The number of nitrogens with two attached hydrogens (primary N) is 1. The maximum Gasteiger partial charge on any atom is 0.0589 e. The minimum Gasteiger partial charge on any atom is -0.399 e. The van der Waals surface area contributed by atoms with Crippen molar-refractivity contribution in [2.24, 2.45) is 0 Å². The number of anilines is 1. The minimum absolute atomic E-state index is 0.0647. The van der Waals surface area contributed by atoms with Gasteiger partial charge in [0.2, 0.25) is 0 Å². The Kier molecular flexibility index (Phi) is 6.99. The summed E-state index contributed by atoms with van der Waals surface area (Å²) in [6, 6.07) is 8.15. The predicted octanol–water partition coefficient (Wildman–Crippen LogP) is 2.14. The van der Waals surface area contributed by atoms with Gasteiger partial charge < -0.3 is 15.2 Å². The second-order valence-electron chi connectivity index (χ2n) is 5.77. The molecule has 4 nitrogen and oxygen atoms in total. The number of rotatable bonds is 9. The van der Waals surface area contributed by atoms with Crippen LogP contribution in [0.25, 0.3) is 0 Å². The average molecular weight is 280 g/mol. The number of methoxy groups -OCH3 is 2. The van der Waals surface area contributed by atoms with Crippen molar-refractivity contribution >= 4 is 5.69 Å². The van der Waals surface area contributed by atoms with Crippen molar-refractivity contribution in [2.75, 3.05) is 52.8 Å². The van der Waals surface area contributed by atoms with Crippen molar-refractivity contribution in [3.05, 3.63) is 29.8 Å². The Hall–Kier alpha value is -1.10. The van der Waals surface area contributed by atoms with Gasteiger partial charge in [-0.15, -0.1) is 0 Å². The number of hydrogen-bond donors (Lipinski definition) is 1. The average Bonchev–Trinajstić information content (AvgIpc) is 2.42. The third-order valence-corrected chi connectivity index (χ3v) is 3.53. The summed E-state index contributed by atoms with van der Waals surface area (Å²) in [6.07, 6.45) is 0. The number of hydrogen-bond acceptors (Lipinski definition) is 4. The molecule has 0 aliphatic rings. The van der Waals surface area contributed by atoms with Crippen LogP contribution in [0.2, 0.25) is 0 Å². The van der Waals surface area contributed by atoms with Crippen LogP contribution in [0, 0.1) is 0 Å². The van der Waals surface area contributed by atoms with Gasteiger partial charge in [0.25, 0.3) is 0 Å². The first-order valence-corrected chi connectivity index (χ1v) is 7.06. The van der Waals surface area contributed by atoms with E-state index < -0.39 is 0 Å². The van der Waals surface area contributed by atoms with Gasteiger partial charge in [-0.05, 0) is 17.7 Å². The standard InChI is InChI=1S/C16H28N2O2/c1-16(2,14-5-7-15(17)8-6-14)13-18(9-11-19-3)10-12-20-4/h5-8H,9-13,17H2,1-4H3. The first-order chi connectivity index (χ1) is 9.49. The maximum atomic E-state index is 5.76. The Bertz CT molecular complexity index is 369. The Morgan fingerprint density at radius 2 is 1.50 bits per heavy atom. The van der Waals surface area contributed by atoms with Gasteiger partial charge in [-0.25, -0.2) is 0 Å². The molecule has 0 aliphatic carbocycles. The van der Waals surface area contributed by atoms with E-state index in [2.05, 4.69) is 30.9 Å².